The van der Waals surface area contributed by atoms with Crippen LogP contribution in [0.15, 0.2) is 272 Å². The number of likely N-dealkylation sites (tertiary alicyclic amines) is 1. The Morgan fingerprint density at radius 3 is 0.918 bits per heavy atom. The van der Waals surface area contributed by atoms with E-state index in [1.807, 2.05) is 62.1 Å². The summed E-state index contributed by atoms with van der Waals surface area (Å²) in [7, 11) is 0. The summed E-state index contributed by atoms with van der Waals surface area (Å²) in [5, 5.41) is 51.6. The normalized spacial score (nSPS) is 17.4. The van der Waals surface area contributed by atoms with Gasteiger partial charge in [-0.15, -0.1) is 0 Å². The first-order chi connectivity index (χ1) is 64.2. The van der Waals surface area contributed by atoms with Crippen molar-refractivity contribution in [3.63, 3.8) is 0 Å². The molecular weight excluding hydrogens is 2460 g/mol. The minimum absolute atomic E-state index is 0.0611. The largest absolute Gasteiger partial charge is 0.444 e. The van der Waals surface area contributed by atoms with Crippen LogP contribution in [-0.2, 0) is 37.6 Å². The van der Waals surface area contributed by atoms with E-state index in [4.69, 9.17) is 14.2 Å². The highest BCUT2D eigenvalue weighted by atomic mass is 79.9. The van der Waals surface area contributed by atoms with Gasteiger partial charge in [0.05, 0.1) is 46.3 Å². The summed E-state index contributed by atoms with van der Waals surface area (Å²) in [5.41, 5.74) is 17.3. The number of ether oxygens (including phenoxy) is 3. The summed E-state index contributed by atoms with van der Waals surface area (Å²) < 4.78 is 36.5. The maximum Gasteiger partial charge on any atom is 0.410 e. The van der Waals surface area contributed by atoms with Crippen LogP contribution in [-0.4, -0.2) is 96.8 Å². The number of piperidine rings is 1. The molecule has 0 radical (unpaired) electrons. The van der Waals surface area contributed by atoms with Gasteiger partial charge in [0, 0.05) is 149 Å². The number of aliphatic hydroxyl groups excluding tert-OH is 1. The summed E-state index contributed by atoms with van der Waals surface area (Å²) in [6.45, 7) is 13.8. The number of benzene rings is 12. The van der Waals surface area contributed by atoms with Gasteiger partial charge >= 0.3 is 6.09 Å². The minimum atomic E-state index is -1.12. The van der Waals surface area contributed by atoms with Crippen LogP contribution in [0.2, 0.25) is 0 Å². The Kier molecular flexibility index (Phi) is 30.6. The van der Waals surface area contributed by atoms with Crippen molar-refractivity contribution in [3.8, 4) is 33.4 Å². The molecule has 134 heavy (non-hydrogen) atoms. The van der Waals surface area contributed by atoms with E-state index in [9.17, 15) is 25.2 Å². The lowest BCUT2D eigenvalue weighted by molar-refractivity contribution is -0.109. The third kappa shape index (κ3) is 20.7. The number of hydrogen-bond acceptors (Lipinski definition) is 8. The summed E-state index contributed by atoms with van der Waals surface area (Å²) in [4.78, 5) is 14.2. The van der Waals surface area contributed by atoms with E-state index in [0.717, 1.165) is 170 Å². The van der Waals surface area contributed by atoms with Crippen molar-refractivity contribution in [3.05, 3.63) is 305 Å². The van der Waals surface area contributed by atoms with Crippen LogP contribution < -0.4 is 0 Å². The fourth-order valence-electron chi connectivity index (χ4n) is 21.8. The van der Waals surface area contributed by atoms with Crippen LogP contribution in [0.25, 0.3) is 98.8 Å². The van der Waals surface area contributed by atoms with Crippen molar-refractivity contribution in [2.24, 2.45) is 17.3 Å². The average Bonchev–Trinajstić information content (AvgIpc) is 1.58. The van der Waals surface area contributed by atoms with Crippen molar-refractivity contribution in [1.29, 1.82) is 0 Å². The number of hydrogen-bond donors (Lipinski definition) is 4. The van der Waals surface area contributed by atoms with Crippen LogP contribution >= 0.6 is 191 Å². The Hall–Kier alpha value is -5.17. The molecule has 0 bridgehead atoms. The number of aliphatic hydroxyl groups is 4. The number of fused-ring (bicyclic) bond motifs is 18. The van der Waals surface area contributed by atoms with Gasteiger partial charge in [-0.25, -0.2) is 4.79 Å². The number of carbonyl (C=O) groups excluding carboxylic acids is 1. The molecule has 23 rings (SSSR count). The van der Waals surface area contributed by atoms with Crippen molar-refractivity contribution in [2.45, 2.75) is 171 Å². The van der Waals surface area contributed by atoms with E-state index in [0.29, 0.717) is 43.4 Å². The monoisotopic (exact) mass is 2560 g/mol. The molecular formula is C110H104Br12N4O8. The molecule has 3 aliphatic heterocycles. The molecule has 12 nitrogen and oxygen atoms in total. The van der Waals surface area contributed by atoms with Crippen LogP contribution in [0.4, 0.5) is 4.79 Å². The molecule has 5 aliphatic carbocycles. The molecule has 24 heteroatoms. The maximum absolute atomic E-state index is 12.4. The molecule has 3 aromatic heterocycles. The van der Waals surface area contributed by atoms with E-state index in [2.05, 4.69) is 394 Å². The zero-order valence-corrected chi connectivity index (χ0v) is 93.8. The van der Waals surface area contributed by atoms with E-state index >= 15 is 0 Å². The highest BCUT2D eigenvalue weighted by molar-refractivity contribution is 9.12. The lowest BCUT2D eigenvalue weighted by Gasteiger charge is -2.38. The van der Waals surface area contributed by atoms with Gasteiger partial charge in [0.1, 0.15) is 22.4 Å². The second-order valence-electron chi connectivity index (χ2n) is 38.4. The van der Waals surface area contributed by atoms with Crippen molar-refractivity contribution < 1.29 is 39.4 Å². The summed E-state index contributed by atoms with van der Waals surface area (Å²) in [6, 6.07) is 77.0. The number of amides is 1. The smallest absolute Gasteiger partial charge is 0.410 e. The number of aromatic nitrogens is 3. The fraction of sp³-hybridized carbons (Fsp3) is 0.336. The second-order valence-corrected chi connectivity index (χ2v) is 49.4. The predicted octanol–water partition coefficient (Wildman–Crippen LogP) is 34.1. The van der Waals surface area contributed by atoms with Gasteiger partial charge in [-0.05, 0) is 283 Å². The summed E-state index contributed by atoms with van der Waals surface area (Å²) >= 11 is 42.9. The first-order valence-electron chi connectivity index (χ1n) is 46.1. The second kappa shape index (κ2) is 41.4. The standard InChI is InChI=1S/C22H24Br2N2O2.C20H20Br2O.C19H18Br2O.2C17H15Br2NO.C15H12Br2O2/c1-22(2,3)28-21(27)25-10-8-16(9-11-25)26-19-12-14(23)4-6-17(19)18-7-5-15(24)13-20(18)26;21-14-6-8-16-17-9-7-15(22)11-19(17)20(23,18(16)10-14)12-13-4-2-1-3-5-13;20-13-5-7-15-16-8-6-14(21)10-18(16)19(22,17(15)9-13)11-12-3-1-2-4-12;1-17(9-21-10-17)8-20-15-6-11(18)2-4-13(15)14-5-3-12(19)7-16(14)20;18-11-1-3-14-15-4-2-12(19)10-17(15)20(16(14)9-11)13-5-7-21-8-6-13;16-9-1-3-11-12-4-2-10(17)8-14(12)15(19,5-6-18)13(11)7-9/h4-7,12-13,16H,8-11H2,1-3H3;6-11,13,23H,1-5,12H2;5-10,12,22H,1-4,11H2;2-7H,8-10H2,1H3;1-4,9-10,13H,5-8H2;1-4,7-8,18-19H,5-6H2. The quantitative estimate of drug-likeness (QED) is 0.106. The Balaban J connectivity index is 0.000000108. The SMILES string of the molecule is Brc1ccc2c3ccc(Br)cc3n(C3CCOCC3)c2c1.CC(C)(C)OC(=O)N1CCC(n2c3cc(Br)ccc3c3ccc(Br)cc32)CC1.CC1(Cn2c3cc(Br)ccc3c3ccc(Br)cc32)COC1.OC1(CC2CCCC2)c2cc(Br)ccc2-c2ccc(Br)cc21.OC1(CC2CCCCC2)c2cc(Br)ccc2-c2ccc(Br)cc21.OCCC1(O)c2cc(Br)ccc2-c2ccc(Br)cc21. The van der Waals surface area contributed by atoms with Gasteiger partial charge in [-0.3, -0.25) is 0 Å². The lowest BCUT2D eigenvalue weighted by atomic mass is 9.77. The predicted molar refractivity (Wildman–Crippen MR) is 589 cm³/mol. The molecule has 5 fully saturated rings. The molecule has 1 amide bonds. The van der Waals surface area contributed by atoms with Gasteiger partial charge < -0.3 is 53.2 Å². The van der Waals surface area contributed by atoms with Gasteiger partial charge in [0.25, 0.3) is 0 Å². The van der Waals surface area contributed by atoms with Crippen molar-refractivity contribution in [2.75, 3.05) is 46.1 Å². The van der Waals surface area contributed by atoms with Crippen LogP contribution in [0.5, 0.6) is 0 Å². The number of carbonyl (C=O) groups is 1. The maximum atomic E-state index is 12.4. The number of halogens is 12. The third-order valence-electron chi connectivity index (χ3n) is 28.0. The van der Waals surface area contributed by atoms with Crippen molar-refractivity contribution in [1.82, 2.24) is 18.6 Å². The van der Waals surface area contributed by atoms with E-state index < -0.39 is 22.4 Å². The molecule has 8 aliphatic rings. The molecule has 0 spiro atoms. The molecule has 696 valence electrons. The van der Waals surface area contributed by atoms with Gasteiger partial charge in [0.2, 0.25) is 0 Å². The van der Waals surface area contributed by atoms with Crippen molar-refractivity contribution >= 4 is 263 Å². The molecule has 0 unspecified atom stereocenters. The Bertz CT molecular complexity index is 6640. The highest BCUT2D eigenvalue weighted by Gasteiger charge is 2.47. The molecule has 2 saturated carbocycles. The summed E-state index contributed by atoms with van der Waals surface area (Å²) in [6.07, 6.45) is 17.3. The lowest BCUT2D eigenvalue weighted by Crippen LogP contribution is -2.43. The zero-order chi connectivity index (χ0) is 94.0. The van der Waals surface area contributed by atoms with Crippen LogP contribution in [0, 0.1) is 17.3 Å². The topological polar surface area (TPSA) is 144 Å². The van der Waals surface area contributed by atoms with E-state index in [-0.39, 0.29) is 18.1 Å². The number of nitrogens with zero attached hydrogens (tertiary/aromatic N) is 4. The molecule has 15 aromatic rings. The zero-order valence-electron chi connectivity index (χ0n) is 74.8. The van der Waals surface area contributed by atoms with Crippen LogP contribution in [0.1, 0.15) is 176 Å². The first-order valence-corrected chi connectivity index (χ1v) is 55.6. The third-order valence-corrected chi connectivity index (χ3v) is 33.9. The van der Waals surface area contributed by atoms with E-state index in [1.165, 1.54) is 145 Å². The molecule has 6 heterocycles. The van der Waals surface area contributed by atoms with E-state index in [1.54, 1.807) is 0 Å². The molecule has 4 N–H and O–H groups in total. The van der Waals surface area contributed by atoms with Crippen LogP contribution in [0.3, 0.4) is 0 Å². The summed E-state index contributed by atoms with van der Waals surface area (Å²) in [5.74, 6) is 1.24. The fourth-order valence-corrected chi connectivity index (χ4v) is 26.1. The first kappa shape index (κ1) is 99.0. The Morgan fingerprint density at radius 1 is 0.358 bits per heavy atom. The van der Waals surface area contributed by atoms with Gasteiger partial charge in [-0.1, -0.05) is 329 Å². The number of rotatable bonds is 10. The highest BCUT2D eigenvalue weighted by Crippen LogP contribution is 2.57. The average molecular weight is 2570 g/mol. The Labute approximate surface area is 884 Å². The molecule has 0 atom stereocenters. The molecule has 3 saturated heterocycles. The van der Waals surface area contributed by atoms with Gasteiger partial charge in [0.15, 0.2) is 0 Å². The minimum Gasteiger partial charge on any atom is -0.444 e. The van der Waals surface area contributed by atoms with Gasteiger partial charge in [-0.2, -0.15) is 0 Å². The molecule has 12 aromatic carbocycles. The Morgan fingerprint density at radius 2 is 0.627 bits per heavy atom.